The molecule has 2 aromatic rings. The van der Waals surface area contributed by atoms with E-state index in [0.717, 1.165) is 16.1 Å². The molecule has 0 bridgehead atoms. The van der Waals surface area contributed by atoms with E-state index in [1.54, 1.807) is 37.3 Å². The zero-order valence-electron chi connectivity index (χ0n) is 18.1. The van der Waals surface area contributed by atoms with E-state index < -0.39 is 22.0 Å². The number of benzene rings is 2. The second-order valence-corrected chi connectivity index (χ2v) is 9.15. The standard InChI is InChI=1S/C22H28N2O6S/c1-5-28-19-9-7-18(8-10-19)24(31(4,26)27)16(3)22(25)23-15(2)17-6-11-20-21(14-17)30-13-12-29-20/h6-11,14-16H,5,12-13H2,1-4H3,(H,23,25)/t15-,16-/m1/s1. The van der Waals surface area contributed by atoms with Gasteiger partial charge in [-0.1, -0.05) is 6.07 Å². The van der Waals surface area contributed by atoms with Crippen LogP contribution in [0.15, 0.2) is 42.5 Å². The third-order valence-corrected chi connectivity index (χ3v) is 6.16. The first-order valence-corrected chi connectivity index (χ1v) is 12.0. The maximum Gasteiger partial charge on any atom is 0.244 e. The van der Waals surface area contributed by atoms with E-state index >= 15 is 0 Å². The molecule has 31 heavy (non-hydrogen) atoms. The maximum absolute atomic E-state index is 12.9. The van der Waals surface area contributed by atoms with Crippen molar-refractivity contribution in [2.24, 2.45) is 0 Å². The average Bonchev–Trinajstić information content (AvgIpc) is 2.74. The molecule has 8 nitrogen and oxygen atoms in total. The van der Waals surface area contributed by atoms with Crippen LogP contribution in [0.25, 0.3) is 0 Å². The molecule has 1 heterocycles. The highest BCUT2D eigenvalue weighted by Crippen LogP contribution is 2.32. The van der Waals surface area contributed by atoms with Gasteiger partial charge in [0.15, 0.2) is 11.5 Å². The van der Waals surface area contributed by atoms with Crippen LogP contribution in [0.5, 0.6) is 17.2 Å². The van der Waals surface area contributed by atoms with Crippen LogP contribution in [0.1, 0.15) is 32.4 Å². The number of nitrogens with zero attached hydrogens (tertiary/aromatic N) is 1. The van der Waals surface area contributed by atoms with Crippen molar-refractivity contribution in [3.63, 3.8) is 0 Å². The van der Waals surface area contributed by atoms with Crippen LogP contribution in [-0.2, 0) is 14.8 Å². The van der Waals surface area contributed by atoms with Crippen molar-refractivity contribution in [1.29, 1.82) is 0 Å². The summed E-state index contributed by atoms with van der Waals surface area (Å²) in [6.07, 6.45) is 1.08. The minimum absolute atomic E-state index is 0.354. The number of carbonyl (C=O) groups excluding carboxylic acids is 1. The molecule has 0 aromatic heterocycles. The van der Waals surface area contributed by atoms with E-state index in [2.05, 4.69) is 5.32 Å². The van der Waals surface area contributed by atoms with Gasteiger partial charge in [-0.2, -0.15) is 0 Å². The van der Waals surface area contributed by atoms with Gasteiger partial charge in [0.2, 0.25) is 15.9 Å². The highest BCUT2D eigenvalue weighted by molar-refractivity contribution is 7.92. The second kappa shape index (κ2) is 9.47. The molecule has 0 saturated heterocycles. The number of nitrogens with one attached hydrogen (secondary N) is 1. The van der Waals surface area contributed by atoms with Gasteiger partial charge in [-0.25, -0.2) is 8.42 Å². The molecule has 1 aliphatic heterocycles. The number of hydrogen-bond acceptors (Lipinski definition) is 6. The zero-order chi connectivity index (χ0) is 22.6. The summed E-state index contributed by atoms with van der Waals surface area (Å²) >= 11 is 0. The fraction of sp³-hybridized carbons (Fsp3) is 0.409. The van der Waals surface area contributed by atoms with Crippen molar-refractivity contribution in [1.82, 2.24) is 5.32 Å². The number of carbonyl (C=O) groups is 1. The molecule has 0 saturated carbocycles. The molecular weight excluding hydrogens is 420 g/mol. The van der Waals surface area contributed by atoms with Crippen LogP contribution in [0.3, 0.4) is 0 Å². The van der Waals surface area contributed by atoms with Gasteiger partial charge in [-0.3, -0.25) is 9.10 Å². The van der Waals surface area contributed by atoms with Gasteiger partial charge in [0, 0.05) is 0 Å². The van der Waals surface area contributed by atoms with Gasteiger partial charge in [0.25, 0.3) is 0 Å². The first-order chi connectivity index (χ1) is 14.7. The summed E-state index contributed by atoms with van der Waals surface area (Å²) < 4.78 is 42.6. The summed E-state index contributed by atoms with van der Waals surface area (Å²) in [4.78, 5) is 12.9. The van der Waals surface area contributed by atoms with Gasteiger partial charge < -0.3 is 19.5 Å². The monoisotopic (exact) mass is 448 g/mol. The third kappa shape index (κ3) is 5.41. The van der Waals surface area contributed by atoms with Crippen LogP contribution in [0.2, 0.25) is 0 Å². The quantitative estimate of drug-likeness (QED) is 0.667. The normalized spacial score (nSPS) is 15.0. The lowest BCUT2D eigenvalue weighted by Crippen LogP contribution is -2.48. The molecule has 1 aliphatic rings. The summed E-state index contributed by atoms with van der Waals surface area (Å²) in [7, 11) is -3.70. The molecular formula is C22H28N2O6S. The van der Waals surface area contributed by atoms with Gasteiger partial charge in [-0.05, 0) is 62.7 Å². The lowest BCUT2D eigenvalue weighted by molar-refractivity contribution is -0.122. The zero-order valence-corrected chi connectivity index (χ0v) is 18.9. The summed E-state index contributed by atoms with van der Waals surface area (Å²) in [5.74, 6) is 1.51. The Bertz CT molecular complexity index is 1020. The molecule has 2 aromatic carbocycles. The predicted octanol–water partition coefficient (Wildman–Crippen LogP) is 2.89. The second-order valence-electron chi connectivity index (χ2n) is 7.30. The number of anilines is 1. The topological polar surface area (TPSA) is 94.2 Å². The van der Waals surface area contributed by atoms with Crippen molar-refractivity contribution >= 4 is 21.6 Å². The Morgan fingerprint density at radius 3 is 2.35 bits per heavy atom. The van der Waals surface area contributed by atoms with Crippen LogP contribution in [0.4, 0.5) is 5.69 Å². The number of amides is 1. The number of fused-ring (bicyclic) bond motifs is 1. The molecule has 1 amide bonds. The highest BCUT2D eigenvalue weighted by atomic mass is 32.2. The van der Waals surface area contributed by atoms with E-state index in [9.17, 15) is 13.2 Å². The molecule has 0 radical (unpaired) electrons. The fourth-order valence-electron chi connectivity index (χ4n) is 3.41. The molecule has 0 unspecified atom stereocenters. The van der Waals surface area contributed by atoms with Crippen molar-refractivity contribution in [3.8, 4) is 17.2 Å². The molecule has 0 spiro atoms. The summed E-state index contributed by atoms with van der Waals surface area (Å²) in [6.45, 7) is 6.74. The van der Waals surface area contributed by atoms with Gasteiger partial charge in [0.05, 0.1) is 24.6 Å². The van der Waals surface area contributed by atoms with Crippen LogP contribution >= 0.6 is 0 Å². The first-order valence-electron chi connectivity index (χ1n) is 10.1. The minimum atomic E-state index is -3.70. The Labute approximate surface area is 183 Å². The van der Waals surface area contributed by atoms with Gasteiger partial charge in [-0.15, -0.1) is 0 Å². The van der Waals surface area contributed by atoms with Crippen LogP contribution < -0.4 is 23.8 Å². The number of ether oxygens (including phenoxy) is 3. The average molecular weight is 449 g/mol. The van der Waals surface area contributed by atoms with E-state index in [-0.39, 0.29) is 6.04 Å². The first kappa shape index (κ1) is 22.7. The number of rotatable bonds is 8. The Hall–Kier alpha value is -2.94. The lowest BCUT2D eigenvalue weighted by Gasteiger charge is -2.29. The molecule has 0 fully saturated rings. The summed E-state index contributed by atoms with van der Waals surface area (Å²) in [6, 6.07) is 10.8. The summed E-state index contributed by atoms with van der Waals surface area (Å²) in [5, 5.41) is 2.89. The highest BCUT2D eigenvalue weighted by Gasteiger charge is 2.30. The van der Waals surface area contributed by atoms with Crippen LogP contribution in [-0.4, -0.2) is 46.4 Å². The number of hydrogen-bond donors (Lipinski definition) is 1. The summed E-state index contributed by atoms with van der Waals surface area (Å²) in [5.41, 5.74) is 1.22. The molecule has 3 rings (SSSR count). The van der Waals surface area contributed by atoms with E-state index in [1.165, 1.54) is 0 Å². The molecule has 1 N–H and O–H groups in total. The minimum Gasteiger partial charge on any atom is -0.494 e. The van der Waals surface area contributed by atoms with Gasteiger partial charge in [0.1, 0.15) is 25.0 Å². The third-order valence-electron chi connectivity index (χ3n) is 4.92. The smallest absolute Gasteiger partial charge is 0.244 e. The van der Waals surface area contributed by atoms with Crippen molar-refractivity contribution in [2.75, 3.05) is 30.4 Å². The Morgan fingerprint density at radius 1 is 1.10 bits per heavy atom. The largest absolute Gasteiger partial charge is 0.494 e. The van der Waals surface area contributed by atoms with Crippen molar-refractivity contribution in [2.45, 2.75) is 32.9 Å². The lowest BCUT2D eigenvalue weighted by atomic mass is 10.1. The van der Waals surface area contributed by atoms with Crippen molar-refractivity contribution in [3.05, 3.63) is 48.0 Å². The van der Waals surface area contributed by atoms with E-state index in [1.807, 2.05) is 26.0 Å². The molecule has 9 heteroatoms. The number of sulfonamides is 1. The SMILES string of the molecule is CCOc1ccc(N([C@H](C)C(=O)N[C@H](C)c2ccc3c(c2)OCCO3)S(C)(=O)=O)cc1. The Morgan fingerprint density at radius 2 is 1.74 bits per heavy atom. The maximum atomic E-state index is 12.9. The Kier molecular flexibility index (Phi) is 6.94. The van der Waals surface area contributed by atoms with Crippen molar-refractivity contribution < 1.29 is 27.4 Å². The van der Waals surface area contributed by atoms with E-state index in [4.69, 9.17) is 14.2 Å². The van der Waals surface area contributed by atoms with E-state index in [0.29, 0.717) is 42.8 Å². The van der Waals surface area contributed by atoms with Crippen LogP contribution in [0, 0.1) is 0 Å². The molecule has 2 atom stereocenters. The fourth-order valence-corrected chi connectivity index (χ4v) is 4.59. The molecule has 0 aliphatic carbocycles. The van der Waals surface area contributed by atoms with Gasteiger partial charge >= 0.3 is 0 Å². The Balaban J connectivity index is 1.76. The molecule has 168 valence electrons. The predicted molar refractivity (Wildman–Crippen MR) is 118 cm³/mol.